The highest BCUT2D eigenvalue weighted by molar-refractivity contribution is 7.98. The van der Waals surface area contributed by atoms with Crippen molar-refractivity contribution in [2.24, 2.45) is 14.1 Å². The largest absolute Gasteiger partial charge is 0.305 e. The van der Waals surface area contributed by atoms with Crippen LogP contribution >= 0.6 is 11.8 Å². The third-order valence-corrected chi connectivity index (χ3v) is 4.26. The van der Waals surface area contributed by atoms with Gasteiger partial charge in [0.2, 0.25) is 0 Å². The summed E-state index contributed by atoms with van der Waals surface area (Å²) in [5, 5.41) is 11.5. The molecule has 1 aliphatic heterocycles. The molecular weight excluding hydrogens is 262 g/mol. The summed E-state index contributed by atoms with van der Waals surface area (Å²) in [5.41, 5.74) is 3.59. The van der Waals surface area contributed by atoms with Crippen LogP contribution in [-0.2, 0) is 25.6 Å². The molecule has 6 nitrogen and oxygen atoms in total. The first-order valence-electron chi connectivity index (χ1n) is 6.00. The minimum Gasteiger partial charge on any atom is -0.305 e. The van der Waals surface area contributed by atoms with Gasteiger partial charge >= 0.3 is 0 Å². The van der Waals surface area contributed by atoms with E-state index in [0.29, 0.717) is 5.69 Å². The van der Waals surface area contributed by atoms with E-state index in [2.05, 4.69) is 15.5 Å². The lowest BCUT2D eigenvalue weighted by molar-refractivity contribution is 0.102. The van der Waals surface area contributed by atoms with Gasteiger partial charge in [0.15, 0.2) is 5.69 Å². The maximum atomic E-state index is 12.2. The Morgan fingerprint density at radius 2 is 2.11 bits per heavy atom. The molecule has 0 unspecified atom stereocenters. The minimum atomic E-state index is -0.189. The van der Waals surface area contributed by atoms with Crippen molar-refractivity contribution in [2.75, 3.05) is 5.32 Å². The quantitative estimate of drug-likeness (QED) is 0.902. The fourth-order valence-corrected chi connectivity index (χ4v) is 3.18. The van der Waals surface area contributed by atoms with Gasteiger partial charge in [-0.1, -0.05) is 0 Å². The highest BCUT2D eigenvalue weighted by Gasteiger charge is 2.23. The molecule has 3 heterocycles. The van der Waals surface area contributed by atoms with E-state index in [0.717, 1.165) is 34.3 Å². The van der Waals surface area contributed by atoms with Crippen molar-refractivity contribution in [2.45, 2.75) is 18.4 Å². The van der Waals surface area contributed by atoms with Gasteiger partial charge in [0.1, 0.15) is 5.82 Å². The molecular formula is C12H15N5OS. The first kappa shape index (κ1) is 12.3. The number of carbonyl (C=O) groups excluding carboxylic acids is 1. The number of amides is 1. The fourth-order valence-electron chi connectivity index (χ4n) is 2.14. The number of nitrogens with zero attached hydrogens (tertiary/aromatic N) is 4. The van der Waals surface area contributed by atoms with E-state index in [1.54, 1.807) is 15.4 Å². The molecule has 3 rings (SSSR count). The second-order valence-electron chi connectivity index (χ2n) is 4.64. The van der Waals surface area contributed by atoms with Gasteiger partial charge in [-0.05, 0) is 13.0 Å². The predicted octanol–water partition coefficient (Wildman–Crippen LogP) is 1.46. The number of hydrogen-bond donors (Lipinski definition) is 1. The molecule has 1 amide bonds. The van der Waals surface area contributed by atoms with Crippen LogP contribution in [0.4, 0.5) is 5.82 Å². The van der Waals surface area contributed by atoms with Crippen LogP contribution in [0.2, 0.25) is 0 Å². The summed E-state index contributed by atoms with van der Waals surface area (Å²) in [4.78, 5) is 12.2. The zero-order valence-electron chi connectivity index (χ0n) is 11.1. The number of nitrogens with one attached hydrogen (secondary N) is 1. The van der Waals surface area contributed by atoms with Gasteiger partial charge in [0.05, 0.1) is 5.69 Å². The number of hydrogen-bond acceptors (Lipinski definition) is 4. The Hall–Kier alpha value is -1.76. The molecule has 0 radical (unpaired) electrons. The zero-order chi connectivity index (χ0) is 13.6. The van der Waals surface area contributed by atoms with E-state index in [1.807, 2.05) is 32.8 Å². The average Bonchev–Trinajstić information content (AvgIpc) is 3.00. The molecule has 0 fully saturated rings. The van der Waals surface area contributed by atoms with Crippen molar-refractivity contribution in [1.82, 2.24) is 19.6 Å². The summed E-state index contributed by atoms with van der Waals surface area (Å²) in [6, 6.07) is 1.78. The number of carbonyl (C=O) groups is 1. The van der Waals surface area contributed by atoms with E-state index >= 15 is 0 Å². The van der Waals surface area contributed by atoms with Crippen LogP contribution in [0.25, 0.3) is 0 Å². The number of aryl methyl sites for hydroxylation is 3. The topological polar surface area (TPSA) is 64.7 Å². The molecule has 2 aromatic heterocycles. The summed E-state index contributed by atoms with van der Waals surface area (Å²) >= 11 is 1.81. The number of thioether (sulfide) groups is 1. The molecule has 1 N–H and O–H groups in total. The molecule has 0 saturated carbocycles. The number of rotatable bonds is 2. The van der Waals surface area contributed by atoms with Crippen molar-refractivity contribution in [3.8, 4) is 0 Å². The lowest BCUT2D eigenvalue weighted by Gasteiger charge is -2.05. The Kier molecular flexibility index (Phi) is 2.85. The molecule has 0 aromatic carbocycles. The van der Waals surface area contributed by atoms with Gasteiger partial charge in [-0.15, -0.1) is 0 Å². The summed E-state index contributed by atoms with van der Waals surface area (Å²) < 4.78 is 3.43. The van der Waals surface area contributed by atoms with Crippen LogP contribution in [0.1, 0.15) is 27.4 Å². The lowest BCUT2D eigenvalue weighted by Crippen LogP contribution is -2.16. The Labute approximate surface area is 115 Å². The fraction of sp³-hybridized carbons (Fsp3) is 0.417. The minimum absolute atomic E-state index is 0.189. The van der Waals surface area contributed by atoms with Gasteiger partial charge in [0.25, 0.3) is 5.91 Å². The summed E-state index contributed by atoms with van der Waals surface area (Å²) in [7, 11) is 3.67. The second kappa shape index (κ2) is 4.41. The summed E-state index contributed by atoms with van der Waals surface area (Å²) in [6.45, 7) is 1.92. The van der Waals surface area contributed by atoms with Gasteiger partial charge in [0, 0.05) is 36.9 Å². The molecule has 19 heavy (non-hydrogen) atoms. The third-order valence-electron chi connectivity index (χ3n) is 3.29. The standard InChI is InChI=1S/C12H15N5OS/c1-7-4-9(14-16(7)2)12(18)13-11-8-5-19-6-10(8)15-17(11)3/h4H,5-6H2,1-3H3,(H,13,18). The highest BCUT2D eigenvalue weighted by atomic mass is 32.2. The molecule has 0 saturated heterocycles. The molecule has 100 valence electrons. The molecule has 0 atom stereocenters. The van der Waals surface area contributed by atoms with Crippen molar-refractivity contribution >= 4 is 23.5 Å². The van der Waals surface area contributed by atoms with E-state index in [4.69, 9.17) is 0 Å². The van der Waals surface area contributed by atoms with Gasteiger partial charge in [-0.2, -0.15) is 22.0 Å². The molecule has 2 aromatic rings. The number of fused-ring (bicyclic) bond motifs is 1. The molecule has 7 heteroatoms. The maximum Gasteiger partial charge on any atom is 0.277 e. The molecule has 0 spiro atoms. The van der Waals surface area contributed by atoms with Crippen molar-refractivity contribution in [1.29, 1.82) is 0 Å². The first-order chi connectivity index (χ1) is 9.06. The van der Waals surface area contributed by atoms with E-state index in [-0.39, 0.29) is 5.91 Å². The van der Waals surface area contributed by atoms with Gasteiger partial charge < -0.3 is 5.32 Å². The highest BCUT2D eigenvalue weighted by Crippen LogP contribution is 2.34. The van der Waals surface area contributed by atoms with Crippen LogP contribution in [-0.4, -0.2) is 25.5 Å². The van der Waals surface area contributed by atoms with Crippen LogP contribution in [0.3, 0.4) is 0 Å². The van der Waals surface area contributed by atoms with Gasteiger partial charge in [-0.25, -0.2) is 0 Å². The molecule has 0 aliphatic carbocycles. The SMILES string of the molecule is Cc1cc(C(=O)Nc2c3c(nn2C)CSC3)nn1C. The smallest absolute Gasteiger partial charge is 0.277 e. The Bertz CT molecular complexity index is 638. The van der Waals surface area contributed by atoms with Gasteiger partial charge in [-0.3, -0.25) is 14.2 Å². The van der Waals surface area contributed by atoms with Crippen LogP contribution in [0.5, 0.6) is 0 Å². The Balaban J connectivity index is 1.87. The van der Waals surface area contributed by atoms with E-state index in [9.17, 15) is 4.79 Å². The van der Waals surface area contributed by atoms with Crippen molar-refractivity contribution in [3.05, 3.63) is 28.7 Å². The van der Waals surface area contributed by atoms with E-state index < -0.39 is 0 Å². The summed E-state index contributed by atoms with van der Waals surface area (Å²) in [5.74, 6) is 2.42. The maximum absolute atomic E-state index is 12.2. The number of aromatic nitrogens is 4. The normalized spacial score (nSPS) is 13.6. The summed E-state index contributed by atoms with van der Waals surface area (Å²) in [6.07, 6.45) is 0. The zero-order valence-corrected chi connectivity index (χ0v) is 11.9. The van der Waals surface area contributed by atoms with Crippen molar-refractivity contribution < 1.29 is 4.79 Å². The Morgan fingerprint density at radius 3 is 2.79 bits per heavy atom. The molecule has 0 bridgehead atoms. The Morgan fingerprint density at radius 1 is 1.32 bits per heavy atom. The first-order valence-corrected chi connectivity index (χ1v) is 7.16. The lowest BCUT2D eigenvalue weighted by atomic mass is 10.2. The van der Waals surface area contributed by atoms with Crippen molar-refractivity contribution in [3.63, 3.8) is 0 Å². The number of anilines is 1. The second-order valence-corrected chi connectivity index (χ2v) is 5.62. The third kappa shape index (κ3) is 2.03. The van der Waals surface area contributed by atoms with E-state index in [1.165, 1.54) is 0 Å². The predicted molar refractivity (Wildman–Crippen MR) is 74.1 cm³/mol. The van der Waals surface area contributed by atoms with Crippen LogP contribution in [0, 0.1) is 6.92 Å². The molecule has 1 aliphatic rings. The average molecular weight is 277 g/mol. The van der Waals surface area contributed by atoms with Crippen LogP contribution in [0.15, 0.2) is 6.07 Å². The van der Waals surface area contributed by atoms with Crippen LogP contribution < -0.4 is 5.32 Å². The monoisotopic (exact) mass is 277 g/mol.